The van der Waals surface area contributed by atoms with Crippen molar-refractivity contribution in [2.75, 3.05) is 19.0 Å². The van der Waals surface area contributed by atoms with Crippen LogP contribution in [0.25, 0.3) is 11.4 Å². The van der Waals surface area contributed by atoms with Crippen LogP contribution >= 0.6 is 0 Å². The van der Waals surface area contributed by atoms with E-state index in [1.165, 1.54) is 7.11 Å². The zero-order valence-corrected chi connectivity index (χ0v) is 13.0. The number of carbonyl (C=O) groups excluding carboxylic acids is 1. The van der Waals surface area contributed by atoms with Crippen LogP contribution in [0.1, 0.15) is 25.6 Å². The molecule has 0 saturated carbocycles. The van der Waals surface area contributed by atoms with Gasteiger partial charge in [0.1, 0.15) is 11.9 Å². The molecule has 1 heterocycles. The van der Waals surface area contributed by atoms with E-state index < -0.39 is 6.04 Å². The average Bonchev–Trinajstić information content (AvgIpc) is 2.98. The SMILES string of the molecule is COCC(N)C(=O)Nc1ccccc1-c1n[nH]c(C(C)C)n1. The first kappa shape index (κ1) is 16.1. The minimum absolute atomic E-state index is 0.159. The zero-order chi connectivity index (χ0) is 16.1. The number of anilines is 1. The normalized spacial score (nSPS) is 12.4. The third-order valence-corrected chi connectivity index (χ3v) is 3.16. The van der Waals surface area contributed by atoms with Gasteiger partial charge in [-0.3, -0.25) is 9.89 Å². The van der Waals surface area contributed by atoms with Crippen molar-refractivity contribution in [3.05, 3.63) is 30.1 Å². The first-order valence-corrected chi connectivity index (χ1v) is 7.10. The molecule has 2 rings (SSSR count). The summed E-state index contributed by atoms with van der Waals surface area (Å²) in [5, 5.41) is 9.92. The van der Waals surface area contributed by atoms with E-state index in [2.05, 4.69) is 20.5 Å². The number of carbonyl (C=O) groups is 1. The van der Waals surface area contributed by atoms with Crippen LogP contribution in [-0.4, -0.2) is 40.8 Å². The Hall–Kier alpha value is -2.25. The summed E-state index contributed by atoms with van der Waals surface area (Å²) in [6.45, 7) is 4.22. The minimum Gasteiger partial charge on any atom is -0.383 e. The number of para-hydroxylation sites is 1. The molecule has 1 atom stereocenters. The van der Waals surface area contributed by atoms with Crippen LogP contribution in [0.3, 0.4) is 0 Å². The lowest BCUT2D eigenvalue weighted by Crippen LogP contribution is -2.39. The van der Waals surface area contributed by atoms with E-state index >= 15 is 0 Å². The number of nitrogens with zero attached hydrogens (tertiary/aromatic N) is 2. The molecule has 0 aliphatic heterocycles. The standard InChI is InChI=1S/C15H21N5O2/c1-9(2)13-18-14(20-19-13)10-6-4-5-7-12(10)17-15(21)11(16)8-22-3/h4-7,9,11H,8,16H2,1-3H3,(H,17,21)(H,18,19,20). The average molecular weight is 303 g/mol. The number of nitrogens with two attached hydrogens (primary N) is 1. The van der Waals surface area contributed by atoms with Crippen molar-refractivity contribution in [3.63, 3.8) is 0 Å². The molecule has 1 unspecified atom stereocenters. The Kier molecular flexibility index (Phi) is 5.24. The molecule has 7 heteroatoms. The predicted molar refractivity (Wildman–Crippen MR) is 84.4 cm³/mol. The van der Waals surface area contributed by atoms with Gasteiger partial charge in [-0.1, -0.05) is 26.0 Å². The summed E-state index contributed by atoms with van der Waals surface area (Å²) >= 11 is 0. The van der Waals surface area contributed by atoms with Crippen LogP contribution in [0.4, 0.5) is 5.69 Å². The van der Waals surface area contributed by atoms with Crippen molar-refractivity contribution in [2.45, 2.75) is 25.8 Å². The fourth-order valence-corrected chi connectivity index (χ4v) is 1.92. The van der Waals surface area contributed by atoms with Gasteiger partial charge < -0.3 is 15.8 Å². The van der Waals surface area contributed by atoms with E-state index in [0.717, 1.165) is 11.4 Å². The molecule has 7 nitrogen and oxygen atoms in total. The highest BCUT2D eigenvalue weighted by molar-refractivity contribution is 5.97. The molecule has 0 bridgehead atoms. The van der Waals surface area contributed by atoms with Crippen molar-refractivity contribution < 1.29 is 9.53 Å². The largest absolute Gasteiger partial charge is 0.383 e. The van der Waals surface area contributed by atoms with Gasteiger partial charge in [-0.2, -0.15) is 5.10 Å². The number of methoxy groups -OCH3 is 1. The highest BCUT2D eigenvalue weighted by Crippen LogP contribution is 2.25. The quantitative estimate of drug-likeness (QED) is 0.750. The predicted octanol–water partition coefficient (Wildman–Crippen LogP) is 1.51. The van der Waals surface area contributed by atoms with E-state index in [4.69, 9.17) is 10.5 Å². The Morgan fingerprint density at radius 3 is 2.77 bits per heavy atom. The van der Waals surface area contributed by atoms with Gasteiger partial charge in [-0.25, -0.2) is 4.98 Å². The molecule has 0 spiro atoms. The first-order chi connectivity index (χ1) is 10.5. The number of hydrogen-bond donors (Lipinski definition) is 3. The summed E-state index contributed by atoms with van der Waals surface area (Å²) in [4.78, 5) is 16.5. The number of amides is 1. The number of aromatic amines is 1. The summed E-state index contributed by atoms with van der Waals surface area (Å²) in [7, 11) is 1.50. The number of rotatable bonds is 6. The first-order valence-electron chi connectivity index (χ1n) is 7.10. The van der Waals surface area contributed by atoms with Crippen LogP contribution in [-0.2, 0) is 9.53 Å². The number of aromatic nitrogens is 3. The molecule has 1 aromatic carbocycles. The van der Waals surface area contributed by atoms with Gasteiger partial charge in [0.05, 0.1) is 12.3 Å². The van der Waals surface area contributed by atoms with Crippen LogP contribution in [0, 0.1) is 0 Å². The van der Waals surface area contributed by atoms with E-state index in [1.54, 1.807) is 6.07 Å². The highest BCUT2D eigenvalue weighted by Gasteiger charge is 2.17. The maximum atomic E-state index is 12.0. The van der Waals surface area contributed by atoms with Crippen molar-refractivity contribution in [2.24, 2.45) is 5.73 Å². The summed E-state index contributed by atoms with van der Waals surface area (Å²) < 4.78 is 4.89. The molecule has 0 radical (unpaired) electrons. The Balaban J connectivity index is 2.24. The maximum absolute atomic E-state index is 12.0. The molecule has 1 amide bonds. The molecular formula is C15H21N5O2. The fraction of sp³-hybridized carbons (Fsp3) is 0.400. The molecule has 0 aliphatic carbocycles. The van der Waals surface area contributed by atoms with Gasteiger partial charge in [0, 0.05) is 18.6 Å². The Bertz CT molecular complexity index is 638. The molecule has 22 heavy (non-hydrogen) atoms. The number of H-pyrrole nitrogens is 1. The molecule has 0 fully saturated rings. The second-order valence-electron chi connectivity index (χ2n) is 5.30. The second-order valence-corrected chi connectivity index (χ2v) is 5.30. The summed E-state index contributed by atoms with van der Waals surface area (Å²) in [5.41, 5.74) is 7.09. The molecule has 2 aromatic rings. The van der Waals surface area contributed by atoms with Crippen molar-refractivity contribution in [3.8, 4) is 11.4 Å². The zero-order valence-electron chi connectivity index (χ0n) is 13.0. The molecule has 1 aromatic heterocycles. The topological polar surface area (TPSA) is 106 Å². The van der Waals surface area contributed by atoms with E-state index in [0.29, 0.717) is 11.5 Å². The second kappa shape index (κ2) is 7.15. The maximum Gasteiger partial charge on any atom is 0.243 e. The molecule has 4 N–H and O–H groups in total. The lowest BCUT2D eigenvalue weighted by molar-refractivity contribution is -0.118. The van der Waals surface area contributed by atoms with Gasteiger partial charge in [0.25, 0.3) is 0 Å². The van der Waals surface area contributed by atoms with Crippen molar-refractivity contribution in [1.29, 1.82) is 0 Å². The summed E-state index contributed by atoms with van der Waals surface area (Å²) in [5.74, 6) is 1.28. The molecule has 0 aliphatic rings. The van der Waals surface area contributed by atoms with E-state index in [-0.39, 0.29) is 18.4 Å². The number of hydrogen-bond acceptors (Lipinski definition) is 5. The van der Waals surface area contributed by atoms with Gasteiger partial charge >= 0.3 is 0 Å². The van der Waals surface area contributed by atoms with Gasteiger partial charge in [0.15, 0.2) is 5.82 Å². The summed E-state index contributed by atoms with van der Waals surface area (Å²) in [6.07, 6.45) is 0. The third-order valence-electron chi connectivity index (χ3n) is 3.16. The van der Waals surface area contributed by atoms with Gasteiger partial charge in [-0.05, 0) is 12.1 Å². The smallest absolute Gasteiger partial charge is 0.243 e. The van der Waals surface area contributed by atoms with Gasteiger partial charge in [0.2, 0.25) is 5.91 Å². The van der Waals surface area contributed by atoms with Crippen LogP contribution < -0.4 is 11.1 Å². The Labute approximate surface area is 129 Å². The van der Waals surface area contributed by atoms with E-state index in [1.807, 2.05) is 32.0 Å². The molecule has 0 saturated heterocycles. The van der Waals surface area contributed by atoms with Crippen LogP contribution in [0.15, 0.2) is 24.3 Å². The third kappa shape index (κ3) is 3.69. The fourth-order valence-electron chi connectivity index (χ4n) is 1.92. The lowest BCUT2D eigenvalue weighted by Gasteiger charge is -2.13. The number of ether oxygens (including phenoxy) is 1. The van der Waals surface area contributed by atoms with Gasteiger partial charge in [-0.15, -0.1) is 0 Å². The minimum atomic E-state index is -0.726. The monoisotopic (exact) mass is 303 g/mol. The molecular weight excluding hydrogens is 282 g/mol. The number of benzene rings is 1. The summed E-state index contributed by atoms with van der Waals surface area (Å²) in [6, 6.07) is 6.61. The highest BCUT2D eigenvalue weighted by atomic mass is 16.5. The van der Waals surface area contributed by atoms with E-state index in [9.17, 15) is 4.79 Å². The van der Waals surface area contributed by atoms with Crippen LogP contribution in [0.5, 0.6) is 0 Å². The Morgan fingerprint density at radius 1 is 1.41 bits per heavy atom. The Morgan fingerprint density at radius 2 is 2.14 bits per heavy atom. The van der Waals surface area contributed by atoms with Crippen molar-refractivity contribution >= 4 is 11.6 Å². The lowest BCUT2D eigenvalue weighted by atomic mass is 10.1. The van der Waals surface area contributed by atoms with Crippen LogP contribution in [0.2, 0.25) is 0 Å². The number of nitrogens with one attached hydrogen (secondary N) is 2. The molecule has 118 valence electrons. The van der Waals surface area contributed by atoms with Crippen molar-refractivity contribution in [1.82, 2.24) is 15.2 Å².